The first-order valence-electron chi connectivity index (χ1n) is 5.27. The third-order valence-corrected chi connectivity index (χ3v) is 2.29. The van der Waals surface area contributed by atoms with E-state index in [0.29, 0.717) is 12.5 Å². The van der Waals surface area contributed by atoms with Gasteiger partial charge >= 0.3 is 0 Å². The molecule has 0 spiro atoms. The lowest BCUT2D eigenvalue weighted by molar-refractivity contribution is 0.122. The lowest BCUT2D eigenvalue weighted by atomic mass is 10.4. The largest absolute Gasteiger partial charge is 0.378 e. The number of morpholine rings is 1. The highest BCUT2D eigenvalue weighted by Gasteiger charge is 2.13. The van der Waals surface area contributed by atoms with E-state index in [1.165, 1.54) is 0 Å². The van der Waals surface area contributed by atoms with Crippen molar-refractivity contribution in [1.82, 2.24) is 15.2 Å². The number of aromatic nitrogens is 3. The molecule has 6 heteroatoms. The van der Waals surface area contributed by atoms with Crippen LogP contribution in [0.15, 0.2) is 18.9 Å². The summed E-state index contributed by atoms with van der Waals surface area (Å²) in [5.41, 5.74) is 0. The maximum atomic E-state index is 5.28. The fraction of sp³-hybridized carbons (Fsp3) is 0.500. The van der Waals surface area contributed by atoms with Crippen LogP contribution in [-0.2, 0) is 4.74 Å². The van der Waals surface area contributed by atoms with Crippen LogP contribution in [0.25, 0.3) is 0 Å². The van der Waals surface area contributed by atoms with Crippen LogP contribution >= 0.6 is 0 Å². The van der Waals surface area contributed by atoms with Gasteiger partial charge in [-0.3, -0.25) is 0 Å². The Morgan fingerprint density at radius 2 is 2.31 bits per heavy atom. The summed E-state index contributed by atoms with van der Waals surface area (Å²) in [4.78, 5) is 6.51. The van der Waals surface area contributed by atoms with Crippen molar-refractivity contribution in [1.29, 1.82) is 0 Å². The van der Waals surface area contributed by atoms with Crippen molar-refractivity contribution in [2.24, 2.45) is 0 Å². The molecule has 0 unspecified atom stereocenters. The molecule has 1 aromatic rings. The molecule has 0 atom stereocenters. The SMILES string of the molecule is C=CCNc1nncc(N2CCOCC2)n1. The van der Waals surface area contributed by atoms with Crippen molar-refractivity contribution < 1.29 is 4.74 Å². The minimum absolute atomic E-state index is 0.531. The van der Waals surface area contributed by atoms with Gasteiger partial charge in [-0.25, -0.2) is 0 Å². The molecule has 1 aliphatic rings. The highest BCUT2D eigenvalue weighted by Crippen LogP contribution is 2.11. The Morgan fingerprint density at radius 1 is 1.50 bits per heavy atom. The summed E-state index contributed by atoms with van der Waals surface area (Å²) in [7, 11) is 0. The van der Waals surface area contributed by atoms with Gasteiger partial charge < -0.3 is 15.0 Å². The van der Waals surface area contributed by atoms with Gasteiger partial charge in [0.25, 0.3) is 0 Å². The highest BCUT2D eigenvalue weighted by molar-refractivity contribution is 5.40. The van der Waals surface area contributed by atoms with Crippen LogP contribution in [0.5, 0.6) is 0 Å². The molecule has 1 saturated heterocycles. The minimum atomic E-state index is 0.531. The van der Waals surface area contributed by atoms with Crippen molar-refractivity contribution in [3.8, 4) is 0 Å². The molecule has 2 rings (SSSR count). The molecule has 1 N–H and O–H groups in total. The summed E-state index contributed by atoms with van der Waals surface area (Å²) in [6, 6.07) is 0. The average Bonchev–Trinajstić information content (AvgIpc) is 2.38. The summed E-state index contributed by atoms with van der Waals surface area (Å²) in [6.07, 6.45) is 3.43. The van der Waals surface area contributed by atoms with E-state index in [-0.39, 0.29) is 0 Å². The number of nitrogens with zero attached hydrogens (tertiary/aromatic N) is 4. The second-order valence-corrected chi connectivity index (χ2v) is 3.41. The molecule has 0 radical (unpaired) electrons. The van der Waals surface area contributed by atoms with Crippen LogP contribution in [0, 0.1) is 0 Å². The summed E-state index contributed by atoms with van der Waals surface area (Å²) in [5.74, 6) is 1.37. The van der Waals surface area contributed by atoms with Crippen LogP contribution in [0.3, 0.4) is 0 Å². The molecule has 0 amide bonds. The Kier molecular flexibility index (Phi) is 3.66. The van der Waals surface area contributed by atoms with Crippen molar-refractivity contribution in [2.45, 2.75) is 0 Å². The second-order valence-electron chi connectivity index (χ2n) is 3.41. The molecule has 0 saturated carbocycles. The van der Waals surface area contributed by atoms with Gasteiger partial charge in [-0.2, -0.15) is 10.1 Å². The summed E-state index contributed by atoms with van der Waals surface area (Å²) in [6.45, 7) is 7.42. The Bertz CT molecular complexity index is 351. The predicted molar refractivity (Wildman–Crippen MR) is 61.5 cm³/mol. The van der Waals surface area contributed by atoms with Crippen LogP contribution < -0.4 is 10.2 Å². The van der Waals surface area contributed by atoms with Crippen LogP contribution in [0.2, 0.25) is 0 Å². The molecule has 16 heavy (non-hydrogen) atoms. The zero-order chi connectivity index (χ0) is 11.2. The molecule has 1 fully saturated rings. The zero-order valence-electron chi connectivity index (χ0n) is 9.09. The number of rotatable bonds is 4. The van der Waals surface area contributed by atoms with E-state index in [0.717, 1.165) is 32.1 Å². The van der Waals surface area contributed by atoms with E-state index in [1.54, 1.807) is 12.3 Å². The third kappa shape index (κ3) is 2.66. The molecule has 1 aliphatic heterocycles. The van der Waals surface area contributed by atoms with E-state index in [9.17, 15) is 0 Å². The molecular formula is C10H15N5O. The van der Waals surface area contributed by atoms with Gasteiger partial charge in [-0.05, 0) is 0 Å². The van der Waals surface area contributed by atoms with Crippen molar-refractivity contribution in [3.05, 3.63) is 18.9 Å². The molecule has 86 valence electrons. The Hall–Kier alpha value is -1.69. The fourth-order valence-corrected chi connectivity index (χ4v) is 1.48. The molecule has 2 heterocycles. The van der Waals surface area contributed by atoms with E-state index >= 15 is 0 Å². The van der Waals surface area contributed by atoms with E-state index < -0.39 is 0 Å². The van der Waals surface area contributed by atoms with E-state index in [2.05, 4.69) is 32.0 Å². The van der Waals surface area contributed by atoms with Gasteiger partial charge in [0.1, 0.15) is 0 Å². The summed E-state index contributed by atoms with van der Waals surface area (Å²) >= 11 is 0. The predicted octanol–water partition coefficient (Wildman–Crippen LogP) is 0.306. The number of anilines is 2. The topological polar surface area (TPSA) is 63.2 Å². The fourth-order valence-electron chi connectivity index (χ4n) is 1.48. The van der Waals surface area contributed by atoms with Gasteiger partial charge in [0.05, 0.1) is 19.4 Å². The Morgan fingerprint density at radius 3 is 3.06 bits per heavy atom. The van der Waals surface area contributed by atoms with Gasteiger partial charge in [0.15, 0.2) is 5.82 Å². The van der Waals surface area contributed by atoms with Gasteiger partial charge in [0, 0.05) is 19.6 Å². The highest BCUT2D eigenvalue weighted by atomic mass is 16.5. The molecule has 0 bridgehead atoms. The standard InChI is InChI=1S/C10H15N5O/c1-2-3-11-10-13-9(8-12-14-10)15-4-6-16-7-5-15/h2,8H,1,3-7H2,(H,11,13,14). The van der Waals surface area contributed by atoms with Crippen LogP contribution in [0.4, 0.5) is 11.8 Å². The first-order valence-corrected chi connectivity index (χ1v) is 5.27. The number of hydrogen-bond acceptors (Lipinski definition) is 6. The Balaban J connectivity index is 2.05. The average molecular weight is 221 g/mol. The zero-order valence-corrected chi connectivity index (χ0v) is 9.09. The Labute approximate surface area is 94.3 Å². The van der Waals surface area contributed by atoms with E-state index in [1.807, 2.05) is 0 Å². The maximum absolute atomic E-state index is 5.28. The first-order chi connectivity index (χ1) is 7.90. The van der Waals surface area contributed by atoms with Gasteiger partial charge in [0.2, 0.25) is 5.95 Å². The van der Waals surface area contributed by atoms with Crippen molar-refractivity contribution >= 4 is 11.8 Å². The first kappa shape index (κ1) is 10.8. The van der Waals surface area contributed by atoms with Crippen LogP contribution in [0.1, 0.15) is 0 Å². The summed E-state index contributed by atoms with van der Waals surface area (Å²) in [5, 5.41) is 10.8. The third-order valence-electron chi connectivity index (χ3n) is 2.29. The molecule has 0 aliphatic carbocycles. The summed E-state index contributed by atoms with van der Waals surface area (Å²) < 4.78 is 5.28. The number of hydrogen-bond donors (Lipinski definition) is 1. The monoisotopic (exact) mass is 221 g/mol. The molecule has 6 nitrogen and oxygen atoms in total. The van der Waals surface area contributed by atoms with Gasteiger partial charge in [-0.1, -0.05) is 6.08 Å². The van der Waals surface area contributed by atoms with Crippen molar-refractivity contribution in [3.63, 3.8) is 0 Å². The van der Waals surface area contributed by atoms with E-state index in [4.69, 9.17) is 4.74 Å². The molecule has 1 aromatic heterocycles. The lowest BCUT2D eigenvalue weighted by Crippen LogP contribution is -2.37. The normalized spacial score (nSPS) is 15.9. The maximum Gasteiger partial charge on any atom is 0.244 e. The lowest BCUT2D eigenvalue weighted by Gasteiger charge is -2.27. The second kappa shape index (κ2) is 5.41. The van der Waals surface area contributed by atoms with Gasteiger partial charge in [-0.15, -0.1) is 11.7 Å². The quantitative estimate of drug-likeness (QED) is 0.738. The van der Waals surface area contributed by atoms with Crippen molar-refractivity contribution in [2.75, 3.05) is 43.1 Å². The minimum Gasteiger partial charge on any atom is -0.378 e. The smallest absolute Gasteiger partial charge is 0.244 e. The molecular weight excluding hydrogens is 206 g/mol. The number of ether oxygens (including phenoxy) is 1. The number of nitrogens with one attached hydrogen (secondary N) is 1. The van der Waals surface area contributed by atoms with Crippen LogP contribution in [-0.4, -0.2) is 48.0 Å². The molecule has 0 aromatic carbocycles.